The van der Waals surface area contributed by atoms with E-state index in [1.54, 1.807) is 24.7 Å². The lowest BCUT2D eigenvalue weighted by atomic mass is 9.90. The van der Waals surface area contributed by atoms with E-state index in [9.17, 15) is 37.4 Å². The van der Waals surface area contributed by atoms with Crippen molar-refractivity contribution in [2.75, 3.05) is 13.1 Å². The number of aromatic nitrogens is 2. The minimum atomic E-state index is -3.30. The number of carbonyl (C=O) groups excluding carboxylic acids is 1. The van der Waals surface area contributed by atoms with E-state index in [1.165, 1.54) is 12.3 Å². The summed E-state index contributed by atoms with van der Waals surface area (Å²) in [6, 6.07) is -0.928. The molecule has 36 heavy (non-hydrogen) atoms. The van der Waals surface area contributed by atoms with Crippen LogP contribution in [0, 0.1) is 11.6 Å². The van der Waals surface area contributed by atoms with Crippen LogP contribution < -0.4 is 10.4 Å². The van der Waals surface area contributed by atoms with Gasteiger partial charge in [0.1, 0.15) is 12.1 Å². The number of nitrogens with one attached hydrogen (secondary N) is 1. The number of halogens is 4. The predicted molar refractivity (Wildman–Crippen MR) is 116 cm³/mol. The third-order valence-corrected chi connectivity index (χ3v) is 6.27. The normalized spacial score (nSPS) is 21.9. The van der Waals surface area contributed by atoms with Gasteiger partial charge in [0.25, 0.3) is 5.92 Å². The molecular weight excluding hydrogens is 486 g/mol. The minimum Gasteiger partial charge on any atom is -0.545 e. The lowest BCUT2D eigenvalue weighted by Gasteiger charge is -2.32. The highest BCUT2D eigenvalue weighted by atomic mass is 19.3. The number of aryl methyl sites for hydroxylation is 1. The van der Waals surface area contributed by atoms with E-state index in [2.05, 4.69) is 15.3 Å². The van der Waals surface area contributed by atoms with Gasteiger partial charge in [-0.25, -0.2) is 22.5 Å². The molecular formula is C23H22F4N5O4-. The standard InChI is InChI=1S/C23H23F4N5O4/c1-3-11-12(4-5-13(24)17(11)25)18-16(22(35)36)14(29-19(30-18)20-28-6-7-31(20)2)9-32-10-23(26,27)8-15(32)21(33)34/h4-7,15,18H,3,8-10H2,1-2H3,(H,29,30)(H,33,34)(H,35,36)/p-1/t15-,18-/m0/s1. The number of likely N-dealkylation sites (tertiary alicyclic amines) is 1. The van der Waals surface area contributed by atoms with Gasteiger partial charge in [-0.15, -0.1) is 0 Å². The molecule has 0 unspecified atom stereocenters. The van der Waals surface area contributed by atoms with Crippen molar-refractivity contribution in [2.24, 2.45) is 12.0 Å². The summed E-state index contributed by atoms with van der Waals surface area (Å²) in [5.74, 6) is -8.51. The van der Waals surface area contributed by atoms with Gasteiger partial charge in [0.15, 0.2) is 23.3 Å². The van der Waals surface area contributed by atoms with Gasteiger partial charge in [-0.2, -0.15) is 0 Å². The van der Waals surface area contributed by atoms with Gasteiger partial charge in [-0.05, 0) is 23.6 Å². The molecule has 0 aliphatic carbocycles. The zero-order valence-corrected chi connectivity index (χ0v) is 19.3. The average Bonchev–Trinajstić information content (AvgIpc) is 3.36. The van der Waals surface area contributed by atoms with Gasteiger partial charge >= 0.3 is 5.97 Å². The van der Waals surface area contributed by atoms with Gasteiger partial charge in [-0.3, -0.25) is 14.7 Å². The first-order chi connectivity index (χ1) is 16.9. The Hall–Kier alpha value is -3.74. The summed E-state index contributed by atoms with van der Waals surface area (Å²) in [7, 11) is 1.63. The van der Waals surface area contributed by atoms with Crippen LogP contribution in [0.4, 0.5) is 17.6 Å². The quantitative estimate of drug-likeness (QED) is 0.538. The molecule has 2 aliphatic heterocycles. The summed E-state index contributed by atoms with van der Waals surface area (Å²) >= 11 is 0. The highest BCUT2D eigenvalue weighted by Crippen LogP contribution is 2.37. The molecule has 192 valence electrons. The second-order valence-corrected chi connectivity index (χ2v) is 8.65. The molecule has 1 aromatic heterocycles. The maximum Gasteiger partial charge on any atom is 0.321 e. The lowest BCUT2D eigenvalue weighted by Crippen LogP contribution is -2.45. The van der Waals surface area contributed by atoms with Crippen molar-refractivity contribution in [3.05, 3.63) is 64.4 Å². The Bertz CT molecular complexity index is 1290. The third-order valence-electron chi connectivity index (χ3n) is 6.27. The molecule has 0 amide bonds. The second-order valence-electron chi connectivity index (χ2n) is 8.65. The largest absolute Gasteiger partial charge is 0.545 e. The van der Waals surface area contributed by atoms with Crippen LogP contribution >= 0.6 is 0 Å². The van der Waals surface area contributed by atoms with E-state index < -0.39 is 66.7 Å². The first-order valence-corrected chi connectivity index (χ1v) is 11.0. The highest BCUT2D eigenvalue weighted by Gasteiger charge is 2.48. The summed E-state index contributed by atoms with van der Waals surface area (Å²) < 4.78 is 58.4. The van der Waals surface area contributed by atoms with E-state index in [0.29, 0.717) is 0 Å². The number of nitrogens with zero attached hydrogens (tertiary/aromatic N) is 4. The molecule has 1 saturated heterocycles. The third kappa shape index (κ3) is 4.57. The number of alkyl halides is 2. The van der Waals surface area contributed by atoms with Crippen LogP contribution in [0.25, 0.3) is 0 Å². The molecule has 2 aliphatic rings. The van der Waals surface area contributed by atoms with Crippen LogP contribution in [0.2, 0.25) is 0 Å². The molecule has 1 fully saturated rings. The smallest absolute Gasteiger partial charge is 0.321 e. The number of rotatable bonds is 7. The molecule has 1 aromatic carbocycles. The molecule has 2 atom stereocenters. The Morgan fingerprint density at radius 3 is 2.61 bits per heavy atom. The SMILES string of the molecule is CCc1c([C@@H]2N=C(c3nccn3C)NC(CN3CC(F)(F)C[C@H]3C(=O)O)=C2C(=O)[O-])ccc(F)c1F. The molecule has 3 heterocycles. The maximum atomic E-state index is 14.6. The Kier molecular flexibility index (Phi) is 6.60. The fourth-order valence-corrected chi connectivity index (χ4v) is 4.61. The highest BCUT2D eigenvalue weighted by molar-refractivity contribution is 6.01. The fraction of sp³-hybridized carbons (Fsp3) is 0.391. The molecule has 0 bridgehead atoms. The van der Waals surface area contributed by atoms with Crippen molar-refractivity contribution in [1.82, 2.24) is 19.8 Å². The number of carboxylic acids is 2. The van der Waals surface area contributed by atoms with E-state index in [1.807, 2.05) is 0 Å². The lowest BCUT2D eigenvalue weighted by molar-refractivity contribution is -0.299. The molecule has 13 heteroatoms. The van der Waals surface area contributed by atoms with Gasteiger partial charge in [-0.1, -0.05) is 13.0 Å². The summed E-state index contributed by atoms with van der Waals surface area (Å²) in [4.78, 5) is 33.5. The summed E-state index contributed by atoms with van der Waals surface area (Å²) in [5, 5.41) is 24.6. The number of aliphatic carboxylic acids is 2. The average molecular weight is 508 g/mol. The van der Waals surface area contributed by atoms with Crippen molar-refractivity contribution in [3.63, 3.8) is 0 Å². The maximum absolute atomic E-state index is 14.6. The molecule has 0 radical (unpaired) electrons. The molecule has 0 spiro atoms. The van der Waals surface area contributed by atoms with Gasteiger partial charge in [0.2, 0.25) is 0 Å². The monoisotopic (exact) mass is 508 g/mol. The Balaban J connectivity index is 1.88. The van der Waals surface area contributed by atoms with Crippen molar-refractivity contribution >= 4 is 17.8 Å². The number of carbonyl (C=O) groups is 2. The molecule has 2 N–H and O–H groups in total. The molecule has 4 rings (SSSR count). The number of carboxylic acid groups (broad SMARTS) is 2. The first kappa shape index (κ1) is 25.4. The van der Waals surface area contributed by atoms with E-state index >= 15 is 0 Å². The number of imidazole rings is 1. The van der Waals surface area contributed by atoms with Crippen molar-refractivity contribution < 1.29 is 37.4 Å². The summed E-state index contributed by atoms with van der Waals surface area (Å²) in [6.07, 6.45) is 2.10. The van der Waals surface area contributed by atoms with E-state index in [-0.39, 0.29) is 34.9 Å². The number of benzene rings is 1. The van der Waals surface area contributed by atoms with Gasteiger partial charge < -0.3 is 24.9 Å². The van der Waals surface area contributed by atoms with E-state index in [0.717, 1.165) is 11.0 Å². The molecule has 0 saturated carbocycles. The van der Waals surface area contributed by atoms with Crippen LogP contribution in [0.1, 0.15) is 36.3 Å². The first-order valence-electron chi connectivity index (χ1n) is 11.0. The van der Waals surface area contributed by atoms with Gasteiger partial charge in [0, 0.05) is 43.7 Å². The minimum absolute atomic E-state index is 0.00517. The van der Waals surface area contributed by atoms with Crippen molar-refractivity contribution in [3.8, 4) is 0 Å². The summed E-state index contributed by atoms with van der Waals surface area (Å²) in [5.41, 5.74) is -0.737. The van der Waals surface area contributed by atoms with Crippen LogP contribution in [0.5, 0.6) is 0 Å². The molecule has 2 aromatic rings. The number of hydrogen-bond donors (Lipinski definition) is 2. The second kappa shape index (κ2) is 9.37. The van der Waals surface area contributed by atoms with Crippen LogP contribution in [-0.2, 0) is 23.1 Å². The predicted octanol–water partition coefficient (Wildman–Crippen LogP) is 1.15. The zero-order chi connectivity index (χ0) is 26.4. The Morgan fingerprint density at radius 1 is 1.31 bits per heavy atom. The Labute approximate surface area is 202 Å². The van der Waals surface area contributed by atoms with Crippen LogP contribution in [0.15, 0.2) is 40.8 Å². The topological polar surface area (TPSA) is 123 Å². The van der Waals surface area contributed by atoms with Crippen LogP contribution in [-0.4, -0.2) is 62.4 Å². The number of aliphatic imine (C=N–C) groups is 1. The van der Waals surface area contributed by atoms with E-state index in [4.69, 9.17) is 0 Å². The zero-order valence-electron chi connectivity index (χ0n) is 19.3. The fourth-order valence-electron chi connectivity index (χ4n) is 4.61. The summed E-state index contributed by atoms with van der Waals surface area (Å²) in [6.45, 7) is 0.111. The number of amidine groups is 1. The molecule has 9 nitrogen and oxygen atoms in total. The van der Waals surface area contributed by atoms with Gasteiger partial charge in [0.05, 0.1) is 12.5 Å². The van der Waals surface area contributed by atoms with Crippen molar-refractivity contribution in [2.45, 2.75) is 37.8 Å². The van der Waals surface area contributed by atoms with Crippen molar-refractivity contribution in [1.29, 1.82) is 0 Å². The Morgan fingerprint density at radius 2 is 2.03 bits per heavy atom. The van der Waals surface area contributed by atoms with Crippen LogP contribution in [0.3, 0.4) is 0 Å². The number of hydrogen-bond acceptors (Lipinski definition) is 7.